The fraction of sp³-hybridized carbons (Fsp3) is 0.304. The fourth-order valence-electron chi connectivity index (χ4n) is 3.77. The number of benzene rings is 2. The first-order valence-electron chi connectivity index (χ1n) is 10.2. The van der Waals surface area contributed by atoms with Crippen LogP contribution in [0.1, 0.15) is 11.4 Å². The molecule has 0 atom stereocenters. The lowest BCUT2D eigenvalue weighted by molar-refractivity contribution is 0.371. The topological polar surface area (TPSA) is 48.7 Å². The van der Waals surface area contributed by atoms with Crippen molar-refractivity contribution in [1.82, 2.24) is 19.8 Å². The molecular weight excluding hydrogens is 396 g/mol. The fourth-order valence-corrected chi connectivity index (χ4v) is 3.96. The molecule has 0 spiro atoms. The maximum Gasteiger partial charge on any atom is 0.194 e. The van der Waals surface area contributed by atoms with Crippen LogP contribution in [-0.2, 0) is 13.1 Å². The van der Waals surface area contributed by atoms with Gasteiger partial charge in [0.05, 0.1) is 6.54 Å². The number of nitrogens with zero attached hydrogens (tertiary/aromatic N) is 5. The summed E-state index contributed by atoms with van der Waals surface area (Å²) in [6, 6.07) is 18.5. The van der Waals surface area contributed by atoms with Crippen molar-refractivity contribution < 1.29 is 0 Å². The van der Waals surface area contributed by atoms with Gasteiger partial charge in [-0.1, -0.05) is 48.0 Å². The summed E-state index contributed by atoms with van der Waals surface area (Å²) < 4.78 is 2.17. The van der Waals surface area contributed by atoms with Crippen molar-refractivity contribution in [2.24, 2.45) is 4.99 Å². The molecule has 1 saturated heterocycles. The Morgan fingerprint density at radius 3 is 2.60 bits per heavy atom. The van der Waals surface area contributed by atoms with Gasteiger partial charge in [0.25, 0.3) is 0 Å². The van der Waals surface area contributed by atoms with E-state index in [9.17, 15) is 0 Å². The van der Waals surface area contributed by atoms with Gasteiger partial charge in [-0.2, -0.15) is 0 Å². The van der Waals surface area contributed by atoms with Crippen LogP contribution in [0.3, 0.4) is 0 Å². The molecule has 0 aliphatic carbocycles. The Morgan fingerprint density at radius 1 is 1.07 bits per heavy atom. The number of hydrogen-bond donors (Lipinski definition) is 1. The summed E-state index contributed by atoms with van der Waals surface area (Å²) in [6.07, 6.45) is 3.88. The Bertz CT molecular complexity index is 976. The molecule has 7 heteroatoms. The third-order valence-electron chi connectivity index (χ3n) is 5.37. The highest BCUT2D eigenvalue weighted by molar-refractivity contribution is 6.30. The molecule has 2 heterocycles. The van der Waals surface area contributed by atoms with Crippen LogP contribution >= 0.6 is 11.6 Å². The second-order valence-electron chi connectivity index (χ2n) is 7.31. The molecule has 2 aromatic carbocycles. The Balaban J connectivity index is 1.33. The molecule has 1 aliphatic heterocycles. The Hall–Kier alpha value is -2.99. The van der Waals surface area contributed by atoms with Crippen molar-refractivity contribution in [2.75, 3.05) is 38.1 Å². The smallest absolute Gasteiger partial charge is 0.194 e. The zero-order valence-electron chi connectivity index (χ0n) is 17.2. The highest BCUT2D eigenvalue weighted by atomic mass is 35.5. The lowest BCUT2D eigenvalue weighted by Gasteiger charge is -2.37. The first-order valence-corrected chi connectivity index (χ1v) is 10.6. The Kier molecular flexibility index (Phi) is 6.54. The second-order valence-corrected chi connectivity index (χ2v) is 7.75. The molecule has 1 fully saturated rings. The molecule has 3 aromatic rings. The van der Waals surface area contributed by atoms with Gasteiger partial charge in [-0.15, -0.1) is 0 Å². The Morgan fingerprint density at radius 2 is 1.87 bits per heavy atom. The molecule has 1 aromatic heterocycles. The summed E-state index contributed by atoms with van der Waals surface area (Å²) >= 11 is 6.15. The number of imidazole rings is 1. The molecule has 0 unspecified atom stereocenters. The SMILES string of the molecule is CN=C(NCc1nccn1Cc1ccccc1)N1CCN(c2cccc(Cl)c2)CC1. The third kappa shape index (κ3) is 4.94. The van der Waals surface area contributed by atoms with E-state index in [4.69, 9.17) is 11.6 Å². The van der Waals surface area contributed by atoms with Crippen LogP contribution in [0.2, 0.25) is 5.02 Å². The molecular formula is C23H27ClN6. The quantitative estimate of drug-likeness (QED) is 0.505. The molecule has 0 saturated carbocycles. The van der Waals surface area contributed by atoms with Crippen molar-refractivity contribution in [1.29, 1.82) is 0 Å². The highest BCUT2D eigenvalue weighted by Crippen LogP contribution is 2.20. The summed E-state index contributed by atoms with van der Waals surface area (Å²) in [5, 5.41) is 4.26. The molecule has 156 valence electrons. The van der Waals surface area contributed by atoms with Crippen LogP contribution < -0.4 is 10.2 Å². The normalized spacial score (nSPS) is 14.8. The first-order chi connectivity index (χ1) is 14.7. The first kappa shape index (κ1) is 20.3. The monoisotopic (exact) mass is 422 g/mol. The standard InChI is InChI=1S/C23H27ClN6/c1-25-23(29-14-12-28(13-15-29)21-9-5-8-20(24)16-21)27-17-22-26-10-11-30(22)18-19-6-3-2-4-7-19/h2-11,16H,12-15,17-18H2,1H3,(H,25,27). The van der Waals surface area contributed by atoms with E-state index in [0.717, 1.165) is 49.5 Å². The average molecular weight is 423 g/mol. The van der Waals surface area contributed by atoms with Gasteiger partial charge in [-0.25, -0.2) is 4.98 Å². The summed E-state index contributed by atoms with van der Waals surface area (Å²) in [4.78, 5) is 13.7. The number of halogens is 1. The number of piperazine rings is 1. The molecule has 6 nitrogen and oxygen atoms in total. The number of rotatable bonds is 5. The zero-order chi connectivity index (χ0) is 20.8. The highest BCUT2D eigenvalue weighted by Gasteiger charge is 2.20. The van der Waals surface area contributed by atoms with Crippen LogP contribution in [0, 0.1) is 0 Å². The second kappa shape index (κ2) is 9.67. The summed E-state index contributed by atoms with van der Waals surface area (Å²) in [7, 11) is 1.84. The summed E-state index contributed by atoms with van der Waals surface area (Å²) in [5.74, 6) is 1.91. The number of hydrogen-bond acceptors (Lipinski definition) is 3. The molecule has 0 radical (unpaired) electrons. The summed E-state index contributed by atoms with van der Waals surface area (Å²) in [6.45, 7) is 5.14. The molecule has 1 aliphatic rings. The number of nitrogens with one attached hydrogen (secondary N) is 1. The lowest BCUT2D eigenvalue weighted by Crippen LogP contribution is -2.52. The van der Waals surface area contributed by atoms with E-state index >= 15 is 0 Å². The van der Waals surface area contributed by atoms with Crippen LogP contribution in [0.15, 0.2) is 72.0 Å². The maximum atomic E-state index is 6.15. The van der Waals surface area contributed by atoms with E-state index in [2.05, 4.69) is 60.0 Å². The minimum absolute atomic E-state index is 0.640. The van der Waals surface area contributed by atoms with Crippen molar-refractivity contribution in [2.45, 2.75) is 13.1 Å². The van der Waals surface area contributed by atoms with E-state index < -0.39 is 0 Å². The average Bonchev–Trinajstić information content (AvgIpc) is 3.22. The van der Waals surface area contributed by atoms with E-state index in [-0.39, 0.29) is 0 Å². The van der Waals surface area contributed by atoms with E-state index in [1.165, 1.54) is 11.3 Å². The van der Waals surface area contributed by atoms with Gasteiger partial charge in [-0.05, 0) is 23.8 Å². The van der Waals surface area contributed by atoms with Gasteiger partial charge in [0.2, 0.25) is 0 Å². The maximum absolute atomic E-state index is 6.15. The van der Waals surface area contributed by atoms with Crippen LogP contribution in [-0.4, -0.2) is 53.6 Å². The van der Waals surface area contributed by atoms with Crippen molar-refractivity contribution in [3.63, 3.8) is 0 Å². The van der Waals surface area contributed by atoms with Gasteiger partial charge in [0.1, 0.15) is 5.82 Å². The lowest BCUT2D eigenvalue weighted by atomic mass is 10.2. The van der Waals surface area contributed by atoms with Crippen LogP contribution in [0.5, 0.6) is 0 Å². The van der Waals surface area contributed by atoms with Crippen molar-refractivity contribution >= 4 is 23.2 Å². The predicted octanol–water partition coefficient (Wildman–Crippen LogP) is 3.48. The molecule has 0 amide bonds. The van der Waals surface area contributed by atoms with Crippen molar-refractivity contribution in [3.05, 3.63) is 83.4 Å². The van der Waals surface area contributed by atoms with E-state index in [1.54, 1.807) is 0 Å². The predicted molar refractivity (Wildman–Crippen MR) is 123 cm³/mol. The van der Waals surface area contributed by atoms with Gasteiger partial charge < -0.3 is 19.7 Å². The largest absolute Gasteiger partial charge is 0.368 e. The minimum Gasteiger partial charge on any atom is -0.368 e. The number of guanidine groups is 1. The number of anilines is 1. The molecule has 0 bridgehead atoms. The van der Waals surface area contributed by atoms with Gasteiger partial charge in [0, 0.05) is 62.9 Å². The third-order valence-corrected chi connectivity index (χ3v) is 5.60. The molecule has 4 rings (SSSR count). The van der Waals surface area contributed by atoms with Crippen LogP contribution in [0.4, 0.5) is 5.69 Å². The molecule has 30 heavy (non-hydrogen) atoms. The van der Waals surface area contributed by atoms with Crippen LogP contribution in [0.25, 0.3) is 0 Å². The van der Waals surface area contributed by atoms with Gasteiger partial charge in [0.15, 0.2) is 5.96 Å². The van der Waals surface area contributed by atoms with Gasteiger partial charge >= 0.3 is 0 Å². The van der Waals surface area contributed by atoms with E-state index in [1.807, 2.05) is 43.7 Å². The van der Waals surface area contributed by atoms with E-state index in [0.29, 0.717) is 6.54 Å². The van der Waals surface area contributed by atoms with Gasteiger partial charge in [-0.3, -0.25) is 4.99 Å². The molecule has 1 N–H and O–H groups in total. The Labute approximate surface area is 182 Å². The number of aliphatic imine (C=N–C) groups is 1. The number of aromatic nitrogens is 2. The van der Waals surface area contributed by atoms with Crippen molar-refractivity contribution in [3.8, 4) is 0 Å². The zero-order valence-corrected chi connectivity index (χ0v) is 18.0. The summed E-state index contributed by atoms with van der Waals surface area (Å²) in [5.41, 5.74) is 2.44. The minimum atomic E-state index is 0.640.